The molecule has 1 amide bonds. The van der Waals surface area contributed by atoms with Crippen LogP contribution in [0.3, 0.4) is 0 Å². The summed E-state index contributed by atoms with van der Waals surface area (Å²) >= 11 is 0. The van der Waals surface area contributed by atoms with E-state index in [-0.39, 0.29) is 5.91 Å². The number of nitrogens with zero attached hydrogens (tertiary/aromatic N) is 3. The van der Waals surface area contributed by atoms with Crippen molar-refractivity contribution in [3.8, 4) is 5.75 Å². The number of hydrogen-bond donors (Lipinski definition) is 2. The molecule has 3 rings (SSSR count). The van der Waals surface area contributed by atoms with Crippen LogP contribution in [0.1, 0.15) is 30.7 Å². The minimum absolute atomic E-state index is 0.0502. The third kappa shape index (κ3) is 5.84. The number of anilines is 2. The van der Waals surface area contributed by atoms with Crippen molar-refractivity contribution in [1.82, 2.24) is 15.3 Å². The molecule has 0 bridgehead atoms. The Bertz CT molecular complexity index is 773. The van der Waals surface area contributed by atoms with Gasteiger partial charge in [-0.15, -0.1) is 0 Å². The Labute approximate surface area is 166 Å². The molecule has 28 heavy (non-hydrogen) atoms. The highest BCUT2D eigenvalue weighted by molar-refractivity contribution is 5.76. The lowest BCUT2D eigenvalue weighted by Crippen LogP contribution is -2.29. The van der Waals surface area contributed by atoms with E-state index in [2.05, 4.69) is 25.5 Å². The smallest absolute Gasteiger partial charge is 0.220 e. The van der Waals surface area contributed by atoms with Crippen molar-refractivity contribution in [3.63, 3.8) is 0 Å². The maximum atomic E-state index is 12.0. The lowest BCUT2D eigenvalue weighted by atomic mass is 10.1. The Morgan fingerprint density at radius 1 is 1.14 bits per heavy atom. The Morgan fingerprint density at radius 2 is 1.89 bits per heavy atom. The molecular weight excluding hydrogens is 354 g/mol. The van der Waals surface area contributed by atoms with Crippen molar-refractivity contribution in [2.24, 2.45) is 0 Å². The van der Waals surface area contributed by atoms with Crippen molar-refractivity contribution in [3.05, 3.63) is 41.7 Å². The standard InChI is InChI=1S/C21H29N5O2/c1-16-24-19(15-20(25-16)26-13-3-4-14-26)22-11-12-23-21(27)10-7-17-5-8-18(28-2)9-6-17/h5-6,8-9,15H,3-4,7,10-14H2,1-2H3,(H,23,27)(H,22,24,25). The maximum Gasteiger partial charge on any atom is 0.220 e. The third-order valence-corrected chi connectivity index (χ3v) is 4.81. The monoisotopic (exact) mass is 383 g/mol. The molecular formula is C21H29N5O2. The van der Waals surface area contributed by atoms with E-state index in [9.17, 15) is 4.79 Å². The second-order valence-electron chi connectivity index (χ2n) is 6.98. The van der Waals surface area contributed by atoms with E-state index in [4.69, 9.17) is 4.74 Å². The predicted octanol–water partition coefficient (Wildman–Crippen LogP) is 2.55. The zero-order valence-electron chi connectivity index (χ0n) is 16.7. The zero-order chi connectivity index (χ0) is 19.8. The topological polar surface area (TPSA) is 79.4 Å². The predicted molar refractivity (Wildman–Crippen MR) is 111 cm³/mol. The fraction of sp³-hybridized carbons (Fsp3) is 0.476. The molecule has 1 fully saturated rings. The van der Waals surface area contributed by atoms with Gasteiger partial charge in [0.05, 0.1) is 7.11 Å². The molecule has 2 aromatic rings. The number of methoxy groups -OCH3 is 1. The van der Waals surface area contributed by atoms with Gasteiger partial charge in [-0.05, 0) is 43.9 Å². The average Bonchev–Trinajstić information content (AvgIpc) is 3.25. The largest absolute Gasteiger partial charge is 0.497 e. The SMILES string of the molecule is COc1ccc(CCC(=O)NCCNc2cc(N3CCCC3)nc(C)n2)cc1. The number of amides is 1. The molecule has 7 heteroatoms. The van der Waals surface area contributed by atoms with Crippen molar-refractivity contribution in [2.45, 2.75) is 32.6 Å². The first-order valence-electron chi connectivity index (χ1n) is 9.88. The molecule has 0 atom stereocenters. The maximum absolute atomic E-state index is 12.0. The molecule has 0 saturated carbocycles. The summed E-state index contributed by atoms with van der Waals surface area (Å²) in [6.07, 6.45) is 3.62. The molecule has 0 aliphatic carbocycles. The minimum Gasteiger partial charge on any atom is -0.497 e. The van der Waals surface area contributed by atoms with Crippen molar-refractivity contribution in [2.75, 3.05) is 43.5 Å². The summed E-state index contributed by atoms with van der Waals surface area (Å²) in [5, 5.41) is 6.23. The minimum atomic E-state index is 0.0502. The summed E-state index contributed by atoms with van der Waals surface area (Å²) in [7, 11) is 1.65. The van der Waals surface area contributed by atoms with E-state index < -0.39 is 0 Å². The average molecular weight is 383 g/mol. The molecule has 1 aliphatic heterocycles. The highest BCUT2D eigenvalue weighted by Gasteiger charge is 2.15. The zero-order valence-corrected chi connectivity index (χ0v) is 16.7. The van der Waals surface area contributed by atoms with Crippen molar-refractivity contribution >= 4 is 17.5 Å². The number of ether oxygens (including phenoxy) is 1. The van der Waals surface area contributed by atoms with Gasteiger partial charge in [-0.25, -0.2) is 9.97 Å². The van der Waals surface area contributed by atoms with Crippen LogP contribution in [-0.2, 0) is 11.2 Å². The first-order chi connectivity index (χ1) is 13.6. The molecule has 0 radical (unpaired) electrons. The van der Waals surface area contributed by atoms with Crippen LogP contribution in [0.5, 0.6) is 5.75 Å². The number of carbonyl (C=O) groups is 1. The fourth-order valence-electron chi connectivity index (χ4n) is 3.28. The molecule has 1 saturated heterocycles. The van der Waals surface area contributed by atoms with Crippen molar-refractivity contribution in [1.29, 1.82) is 0 Å². The van der Waals surface area contributed by atoms with Crippen LogP contribution in [0, 0.1) is 6.92 Å². The van der Waals surface area contributed by atoms with Gasteiger partial charge in [-0.2, -0.15) is 0 Å². The Morgan fingerprint density at radius 3 is 2.61 bits per heavy atom. The number of aryl methyl sites for hydroxylation is 2. The first kappa shape index (κ1) is 19.9. The Kier molecular flexibility index (Phi) is 7.06. The summed E-state index contributed by atoms with van der Waals surface area (Å²) < 4.78 is 5.14. The molecule has 1 aromatic carbocycles. The summed E-state index contributed by atoms with van der Waals surface area (Å²) in [6, 6.07) is 9.80. The highest BCUT2D eigenvalue weighted by Crippen LogP contribution is 2.20. The van der Waals surface area contributed by atoms with Crippen LogP contribution in [0.4, 0.5) is 11.6 Å². The first-order valence-corrected chi connectivity index (χ1v) is 9.88. The number of carbonyl (C=O) groups excluding carboxylic acids is 1. The van der Waals surface area contributed by atoms with E-state index in [1.54, 1.807) is 7.11 Å². The van der Waals surface area contributed by atoms with Crippen LogP contribution < -0.4 is 20.3 Å². The van der Waals surface area contributed by atoms with Gasteiger partial charge in [0, 0.05) is 38.7 Å². The lowest BCUT2D eigenvalue weighted by Gasteiger charge is -2.17. The van der Waals surface area contributed by atoms with Gasteiger partial charge in [0.15, 0.2) is 0 Å². The molecule has 2 heterocycles. The Hall–Kier alpha value is -2.83. The summed E-state index contributed by atoms with van der Waals surface area (Å²) in [5.41, 5.74) is 1.12. The summed E-state index contributed by atoms with van der Waals surface area (Å²) in [4.78, 5) is 23.3. The number of hydrogen-bond acceptors (Lipinski definition) is 6. The molecule has 0 spiro atoms. The highest BCUT2D eigenvalue weighted by atomic mass is 16.5. The lowest BCUT2D eigenvalue weighted by molar-refractivity contribution is -0.120. The van der Waals surface area contributed by atoms with Crippen LogP contribution in [-0.4, -0.2) is 49.2 Å². The van der Waals surface area contributed by atoms with Gasteiger partial charge in [-0.3, -0.25) is 4.79 Å². The van der Waals surface area contributed by atoms with Gasteiger partial charge in [0.2, 0.25) is 5.91 Å². The number of rotatable bonds is 9. The van der Waals surface area contributed by atoms with E-state index in [0.29, 0.717) is 25.9 Å². The summed E-state index contributed by atoms with van der Waals surface area (Å²) in [5.74, 6) is 3.43. The Balaban J connectivity index is 1.38. The van der Waals surface area contributed by atoms with Crippen LogP contribution in [0.2, 0.25) is 0 Å². The van der Waals surface area contributed by atoms with Gasteiger partial charge < -0.3 is 20.3 Å². The van der Waals surface area contributed by atoms with Crippen LogP contribution in [0.25, 0.3) is 0 Å². The second-order valence-corrected chi connectivity index (χ2v) is 6.98. The fourth-order valence-corrected chi connectivity index (χ4v) is 3.28. The molecule has 150 valence electrons. The van der Waals surface area contributed by atoms with Crippen molar-refractivity contribution < 1.29 is 9.53 Å². The normalized spacial score (nSPS) is 13.4. The van der Waals surface area contributed by atoms with E-state index >= 15 is 0 Å². The molecule has 1 aromatic heterocycles. The number of nitrogens with one attached hydrogen (secondary N) is 2. The van der Waals surface area contributed by atoms with Gasteiger partial charge in [-0.1, -0.05) is 12.1 Å². The molecule has 2 N–H and O–H groups in total. The van der Waals surface area contributed by atoms with E-state index in [1.165, 1.54) is 12.8 Å². The van der Waals surface area contributed by atoms with E-state index in [0.717, 1.165) is 41.9 Å². The second kappa shape index (κ2) is 9.92. The number of aromatic nitrogens is 2. The van der Waals surface area contributed by atoms with Gasteiger partial charge in [0.25, 0.3) is 0 Å². The van der Waals surface area contributed by atoms with Gasteiger partial charge in [0.1, 0.15) is 23.2 Å². The van der Waals surface area contributed by atoms with E-state index in [1.807, 2.05) is 37.3 Å². The molecule has 1 aliphatic rings. The van der Waals surface area contributed by atoms with Gasteiger partial charge >= 0.3 is 0 Å². The van der Waals surface area contributed by atoms with Crippen LogP contribution >= 0.6 is 0 Å². The molecule has 7 nitrogen and oxygen atoms in total. The summed E-state index contributed by atoms with van der Waals surface area (Å²) in [6.45, 7) is 5.21. The van der Waals surface area contributed by atoms with Crippen LogP contribution in [0.15, 0.2) is 30.3 Å². The third-order valence-electron chi connectivity index (χ3n) is 4.81. The molecule has 0 unspecified atom stereocenters. The quantitative estimate of drug-likeness (QED) is 0.648. The number of benzene rings is 1.